The van der Waals surface area contributed by atoms with E-state index in [2.05, 4.69) is 10.3 Å². The highest BCUT2D eigenvalue weighted by Crippen LogP contribution is 2.34. The molecule has 0 spiro atoms. The smallest absolute Gasteiger partial charge is 0.277 e. The third-order valence-electron chi connectivity index (χ3n) is 3.41. The van der Waals surface area contributed by atoms with E-state index in [1.807, 2.05) is 18.2 Å². The number of halogens is 1. The Morgan fingerprint density at radius 1 is 1.12 bits per heavy atom. The highest BCUT2D eigenvalue weighted by Gasteiger charge is 2.20. The van der Waals surface area contributed by atoms with Gasteiger partial charge in [0.05, 0.1) is 17.0 Å². The summed E-state index contributed by atoms with van der Waals surface area (Å²) in [6.45, 7) is 0. The number of nitrogens with one attached hydrogen (secondary N) is 2. The minimum Gasteiger partial charge on any atom is -0.497 e. The van der Waals surface area contributed by atoms with Crippen LogP contribution in [-0.2, 0) is 10.0 Å². The summed E-state index contributed by atoms with van der Waals surface area (Å²) in [6, 6.07) is 13.1. The summed E-state index contributed by atoms with van der Waals surface area (Å²) in [5.74, 6) is -0.0941. The summed E-state index contributed by atoms with van der Waals surface area (Å²) >= 11 is 7.40. The second-order valence-electron chi connectivity index (χ2n) is 4.98. The van der Waals surface area contributed by atoms with Crippen LogP contribution < -0.4 is 15.0 Å². The van der Waals surface area contributed by atoms with Gasteiger partial charge in [0.1, 0.15) is 10.6 Å². The van der Waals surface area contributed by atoms with E-state index in [0.29, 0.717) is 10.8 Å². The van der Waals surface area contributed by atoms with E-state index in [0.717, 1.165) is 10.1 Å². The number of sulfonamides is 1. The summed E-state index contributed by atoms with van der Waals surface area (Å²) in [7, 11) is -2.42. The van der Waals surface area contributed by atoms with Crippen molar-refractivity contribution in [1.29, 1.82) is 0 Å². The molecule has 0 aliphatic heterocycles. The van der Waals surface area contributed by atoms with Gasteiger partial charge in [0.15, 0.2) is 0 Å². The molecular weight excluding hydrogens is 384 g/mol. The first-order valence-electron chi connectivity index (χ1n) is 7.05. The van der Waals surface area contributed by atoms with Crippen LogP contribution in [0.4, 0.5) is 0 Å². The molecule has 1 amide bonds. The monoisotopic (exact) mass is 396 g/mol. The van der Waals surface area contributed by atoms with Crippen LogP contribution in [-0.4, -0.2) is 21.4 Å². The van der Waals surface area contributed by atoms with Crippen molar-refractivity contribution < 1.29 is 17.9 Å². The first-order chi connectivity index (χ1) is 11.9. The van der Waals surface area contributed by atoms with Gasteiger partial charge in [-0.25, -0.2) is 8.42 Å². The number of thiophene rings is 1. The first-order valence-corrected chi connectivity index (χ1v) is 9.73. The van der Waals surface area contributed by atoms with Gasteiger partial charge in [0.2, 0.25) is 0 Å². The predicted molar refractivity (Wildman–Crippen MR) is 97.6 cm³/mol. The zero-order chi connectivity index (χ0) is 18.0. The highest BCUT2D eigenvalue weighted by molar-refractivity contribution is 7.89. The third kappa shape index (κ3) is 3.62. The fourth-order valence-electron chi connectivity index (χ4n) is 2.14. The highest BCUT2D eigenvalue weighted by atomic mass is 35.5. The van der Waals surface area contributed by atoms with Crippen molar-refractivity contribution in [2.45, 2.75) is 4.90 Å². The Morgan fingerprint density at radius 2 is 1.80 bits per heavy atom. The maximum atomic E-state index is 12.3. The van der Waals surface area contributed by atoms with E-state index in [-0.39, 0.29) is 9.77 Å². The summed E-state index contributed by atoms with van der Waals surface area (Å²) < 4.78 is 30.3. The Hall–Kier alpha value is -2.13. The average Bonchev–Trinajstić information content (AvgIpc) is 2.97. The Labute approximate surface area is 153 Å². The molecule has 1 heterocycles. The number of amides is 1. The van der Waals surface area contributed by atoms with Crippen LogP contribution in [0.1, 0.15) is 9.67 Å². The van der Waals surface area contributed by atoms with Crippen LogP contribution in [0, 0.1) is 0 Å². The molecule has 0 saturated carbocycles. The number of carbonyl (C=O) groups is 1. The second-order valence-corrected chi connectivity index (χ2v) is 8.09. The van der Waals surface area contributed by atoms with E-state index < -0.39 is 15.9 Å². The van der Waals surface area contributed by atoms with Gasteiger partial charge in [0, 0.05) is 10.1 Å². The standard InChI is InChI=1S/C16H13ClN2O4S2/c1-23-10-6-8-11(9-7-10)25(21,22)19-18-16(20)15-14(17)12-4-2-3-5-13(12)24-15/h2-9,19H,1H3,(H,18,20). The minimum absolute atomic E-state index is 0.00367. The van der Waals surface area contributed by atoms with Gasteiger partial charge in [-0.1, -0.05) is 29.8 Å². The van der Waals surface area contributed by atoms with Gasteiger partial charge in [-0.2, -0.15) is 0 Å². The Kier molecular flexibility index (Phi) is 4.96. The van der Waals surface area contributed by atoms with E-state index in [1.165, 1.54) is 42.7 Å². The van der Waals surface area contributed by atoms with Crippen LogP contribution in [0.15, 0.2) is 53.4 Å². The zero-order valence-corrected chi connectivity index (χ0v) is 15.3. The maximum Gasteiger partial charge on any atom is 0.277 e. The van der Waals surface area contributed by atoms with Crippen LogP contribution in [0.25, 0.3) is 10.1 Å². The first kappa shape index (κ1) is 17.7. The molecule has 3 aromatic rings. The molecule has 2 aromatic carbocycles. The lowest BCUT2D eigenvalue weighted by molar-refractivity contribution is 0.0949. The lowest BCUT2D eigenvalue weighted by Crippen LogP contribution is -2.41. The molecule has 0 radical (unpaired) electrons. The van der Waals surface area contributed by atoms with Gasteiger partial charge in [-0.05, 0) is 30.3 Å². The lowest BCUT2D eigenvalue weighted by Gasteiger charge is -2.08. The fraction of sp³-hybridized carbons (Fsp3) is 0.0625. The number of carbonyl (C=O) groups excluding carboxylic acids is 1. The molecule has 2 N–H and O–H groups in total. The van der Waals surface area contributed by atoms with Gasteiger partial charge >= 0.3 is 0 Å². The number of rotatable bonds is 5. The Balaban J connectivity index is 1.77. The van der Waals surface area contributed by atoms with E-state index in [1.54, 1.807) is 6.07 Å². The van der Waals surface area contributed by atoms with Crippen molar-refractivity contribution in [2.24, 2.45) is 0 Å². The Bertz CT molecular complexity index is 1030. The molecule has 130 valence electrons. The van der Waals surface area contributed by atoms with Gasteiger partial charge in [0.25, 0.3) is 15.9 Å². The van der Waals surface area contributed by atoms with Crippen molar-refractivity contribution in [1.82, 2.24) is 10.3 Å². The maximum absolute atomic E-state index is 12.3. The molecule has 0 bridgehead atoms. The van der Waals surface area contributed by atoms with E-state index in [4.69, 9.17) is 16.3 Å². The number of hydrogen-bond donors (Lipinski definition) is 2. The molecule has 1 aromatic heterocycles. The molecule has 6 nitrogen and oxygen atoms in total. The van der Waals surface area contributed by atoms with Crippen LogP contribution in [0.2, 0.25) is 5.02 Å². The number of fused-ring (bicyclic) bond motifs is 1. The molecule has 0 saturated heterocycles. The third-order valence-corrected chi connectivity index (χ3v) is 6.35. The molecule has 0 aliphatic carbocycles. The second kappa shape index (κ2) is 7.01. The molecule has 25 heavy (non-hydrogen) atoms. The molecule has 0 aliphatic rings. The normalized spacial score (nSPS) is 11.4. The fourth-order valence-corrected chi connectivity index (χ4v) is 4.40. The summed E-state index contributed by atoms with van der Waals surface area (Å²) in [5, 5.41) is 1.04. The SMILES string of the molecule is COc1ccc(S(=O)(=O)NNC(=O)c2sc3ccccc3c2Cl)cc1. The van der Waals surface area contributed by atoms with Crippen LogP contribution in [0.5, 0.6) is 5.75 Å². The zero-order valence-electron chi connectivity index (χ0n) is 12.9. The summed E-state index contributed by atoms with van der Waals surface area (Å²) in [4.78, 5) is 14.6. The van der Waals surface area contributed by atoms with Gasteiger partial charge in [-0.3, -0.25) is 10.2 Å². The topological polar surface area (TPSA) is 84.5 Å². The van der Waals surface area contributed by atoms with Crippen LogP contribution in [0.3, 0.4) is 0 Å². The van der Waals surface area contributed by atoms with E-state index >= 15 is 0 Å². The molecule has 3 rings (SSSR count). The number of ether oxygens (including phenoxy) is 1. The number of hydrogen-bond acceptors (Lipinski definition) is 5. The number of hydrazine groups is 1. The number of benzene rings is 2. The van der Waals surface area contributed by atoms with Crippen molar-refractivity contribution >= 4 is 49.0 Å². The van der Waals surface area contributed by atoms with Crippen molar-refractivity contribution in [3.8, 4) is 5.75 Å². The molecular formula is C16H13ClN2O4S2. The summed E-state index contributed by atoms with van der Waals surface area (Å²) in [5.41, 5.74) is 2.19. The van der Waals surface area contributed by atoms with Crippen LogP contribution >= 0.6 is 22.9 Å². The molecule has 0 fully saturated rings. The quantitative estimate of drug-likeness (QED) is 0.648. The number of methoxy groups -OCH3 is 1. The Morgan fingerprint density at radius 3 is 2.44 bits per heavy atom. The van der Waals surface area contributed by atoms with E-state index in [9.17, 15) is 13.2 Å². The van der Waals surface area contributed by atoms with Crippen molar-refractivity contribution in [3.05, 3.63) is 58.4 Å². The van der Waals surface area contributed by atoms with Gasteiger partial charge < -0.3 is 4.74 Å². The predicted octanol–water partition coefficient (Wildman–Crippen LogP) is 3.19. The largest absolute Gasteiger partial charge is 0.497 e. The minimum atomic E-state index is -3.91. The molecule has 0 atom stereocenters. The van der Waals surface area contributed by atoms with Gasteiger partial charge in [-0.15, -0.1) is 16.2 Å². The van der Waals surface area contributed by atoms with Crippen molar-refractivity contribution in [2.75, 3.05) is 7.11 Å². The average molecular weight is 397 g/mol. The summed E-state index contributed by atoms with van der Waals surface area (Å²) in [6.07, 6.45) is 0. The molecule has 9 heteroatoms. The van der Waals surface area contributed by atoms with Crippen molar-refractivity contribution in [3.63, 3.8) is 0 Å². The lowest BCUT2D eigenvalue weighted by atomic mass is 10.2. The molecule has 0 unspecified atom stereocenters.